The van der Waals surface area contributed by atoms with E-state index in [4.69, 9.17) is 0 Å². The smallest absolute Gasteiger partial charge is 0.256 e. The first-order chi connectivity index (χ1) is 14.9. The molecule has 1 atom stereocenters. The fraction of sp³-hybridized carbons (Fsp3) is 0.292. The number of fused-ring (bicyclic) bond motifs is 3. The highest BCUT2D eigenvalue weighted by atomic mass is 16.2. The van der Waals surface area contributed by atoms with Crippen LogP contribution in [0.2, 0.25) is 0 Å². The lowest BCUT2D eigenvalue weighted by molar-refractivity contribution is -0.119. The van der Waals surface area contributed by atoms with Crippen molar-refractivity contribution in [2.75, 3.05) is 17.2 Å². The number of rotatable bonds is 3. The average Bonchev–Trinajstić information content (AvgIpc) is 3.39. The maximum atomic E-state index is 13.0. The highest BCUT2D eigenvalue weighted by molar-refractivity contribution is 6.12. The fourth-order valence-electron chi connectivity index (χ4n) is 4.50. The van der Waals surface area contributed by atoms with E-state index in [1.807, 2.05) is 24.4 Å². The van der Waals surface area contributed by atoms with Gasteiger partial charge in [-0.05, 0) is 68.5 Å². The van der Waals surface area contributed by atoms with Crippen LogP contribution in [0.5, 0.6) is 0 Å². The van der Waals surface area contributed by atoms with Crippen molar-refractivity contribution in [1.82, 2.24) is 9.47 Å². The molecule has 3 amide bonds. The number of anilines is 2. The summed E-state index contributed by atoms with van der Waals surface area (Å²) < 4.78 is 2.13. The lowest BCUT2D eigenvalue weighted by Crippen LogP contribution is -2.40. The minimum Gasteiger partial charge on any atom is -0.345 e. The van der Waals surface area contributed by atoms with Crippen molar-refractivity contribution in [2.24, 2.45) is 0 Å². The van der Waals surface area contributed by atoms with E-state index in [2.05, 4.69) is 29.0 Å². The van der Waals surface area contributed by atoms with E-state index in [0.717, 1.165) is 17.3 Å². The Morgan fingerprint density at radius 2 is 1.97 bits per heavy atom. The van der Waals surface area contributed by atoms with E-state index in [1.54, 1.807) is 29.2 Å². The summed E-state index contributed by atoms with van der Waals surface area (Å²) in [5, 5.41) is 6.83. The zero-order valence-electron chi connectivity index (χ0n) is 17.5. The number of nitrogens with one attached hydrogen (secondary N) is 2. The third kappa shape index (κ3) is 3.26. The Kier molecular flexibility index (Phi) is 4.54. The summed E-state index contributed by atoms with van der Waals surface area (Å²) in [5.41, 5.74) is 2.95. The molecule has 2 aliphatic heterocycles. The molecule has 0 spiro atoms. The number of amides is 3. The van der Waals surface area contributed by atoms with Crippen LogP contribution in [0.25, 0.3) is 10.9 Å². The SMILES string of the molecule is CC(C)n1ccc2ccc(C(=O)Nc3ccc4c(c3)C(=O)N3CCC[C@@H]3C(=O)N4)cc21. The second-order valence-corrected chi connectivity index (χ2v) is 8.45. The van der Waals surface area contributed by atoms with Gasteiger partial charge in [0.15, 0.2) is 0 Å². The summed E-state index contributed by atoms with van der Waals surface area (Å²) in [7, 11) is 0. The molecule has 0 saturated carbocycles. The number of carbonyl (C=O) groups excluding carboxylic acids is 3. The second kappa shape index (κ2) is 7.27. The average molecular weight is 416 g/mol. The minimum atomic E-state index is -0.415. The first kappa shape index (κ1) is 19.4. The lowest BCUT2D eigenvalue weighted by Gasteiger charge is -2.20. The van der Waals surface area contributed by atoms with E-state index in [0.29, 0.717) is 35.5 Å². The van der Waals surface area contributed by atoms with Gasteiger partial charge in [-0.1, -0.05) is 6.07 Å². The maximum absolute atomic E-state index is 13.0. The first-order valence-corrected chi connectivity index (χ1v) is 10.6. The normalized spacial score (nSPS) is 18.0. The monoisotopic (exact) mass is 416 g/mol. The van der Waals surface area contributed by atoms with Gasteiger partial charge in [0.05, 0.1) is 11.3 Å². The molecule has 7 heteroatoms. The predicted molar refractivity (Wildman–Crippen MR) is 119 cm³/mol. The van der Waals surface area contributed by atoms with E-state index >= 15 is 0 Å². The molecule has 0 aliphatic carbocycles. The summed E-state index contributed by atoms with van der Waals surface area (Å²) >= 11 is 0. The van der Waals surface area contributed by atoms with Crippen LogP contribution >= 0.6 is 0 Å². The second-order valence-electron chi connectivity index (χ2n) is 8.45. The zero-order chi connectivity index (χ0) is 21.7. The van der Waals surface area contributed by atoms with Crippen molar-refractivity contribution in [3.8, 4) is 0 Å². The van der Waals surface area contributed by atoms with Crippen molar-refractivity contribution < 1.29 is 14.4 Å². The summed E-state index contributed by atoms with van der Waals surface area (Å²) in [6.07, 6.45) is 3.51. The van der Waals surface area contributed by atoms with Crippen LogP contribution in [0.3, 0.4) is 0 Å². The van der Waals surface area contributed by atoms with Crippen molar-refractivity contribution in [3.05, 3.63) is 59.8 Å². The summed E-state index contributed by atoms with van der Waals surface area (Å²) in [5.74, 6) is -0.575. The van der Waals surface area contributed by atoms with Crippen LogP contribution < -0.4 is 10.6 Å². The number of carbonyl (C=O) groups is 3. The fourth-order valence-corrected chi connectivity index (χ4v) is 4.50. The Morgan fingerprint density at radius 3 is 2.77 bits per heavy atom. The van der Waals surface area contributed by atoms with Crippen LogP contribution in [0, 0.1) is 0 Å². The molecule has 1 aromatic heterocycles. The largest absolute Gasteiger partial charge is 0.345 e. The molecule has 31 heavy (non-hydrogen) atoms. The Balaban J connectivity index is 1.43. The number of hydrogen-bond acceptors (Lipinski definition) is 3. The molecule has 0 radical (unpaired) electrons. The van der Waals surface area contributed by atoms with Gasteiger partial charge in [0.25, 0.3) is 11.8 Å². The zero-order valence-corrected chi connectivity index (χ0v) is 17.5. The van der Waals surface area contributed by atoms with Gasteiger partial charge in [0.1, 0.15) is 6.04 Å². The van der Waals surface area contributed by atoms with Crippen molar-refractivity contribution in [1.29, 1.82) is 0 Å². The molecule has 158 valence electrons. The molecule has 2 aromatic carbocycles. The van der Waals surface area contributed by atoms with Crippen molar-refractivity contribution in [2.45, 2.75) is 38.8 Å². The van der Waals surface area contributed by atoms with Crippen molar-refractivity contribution >= 4 is 40.0 Å². The topological polar surface area (TPSA) is 83.4 Å². The third-order valence-corrected chi connectivity index (χ3v) is 6.12. The standard InChI is InChI=1S/C24H24N4O3/c1-14(2)27-11-9-15-5-6-16(12-21(15)27)22(29)25-17-7-8-19-18(13-17)24(31)28-10-3-4-20(28)23(30)26-19/h5-9,11-14,20H,3-4,10H2,1-2H3,(H,25,29)(H,26,30)/t20-/m1/s1. The molecule has 1 fully saturated rings. The Hall–Kier alpha value is -3.61. The molecule has 1 saturated heterocycles. The Morgan fingerprint density at radius 1 is 1.13 bits per heavy atom. The maximum Gasteiger partial charge on any atom is 0.256 e. The predicted octanol–water partition coefficient (Wildman–Crippen LogP) is 4.03. The number of hydrogen-bond donors (Lipinski definition) is 2. The number of benzene rings is 2. The lowest BCUT2D eigenvalue weighted by atomic mass is 10.1. The van der Waals surface area contributed by atoms with E-state index in [-0.39, 0.29) is 23.8 Å². The number of aromatic nitrogens is 1. The molecule has 5 rings (SSSR count). The van der Waals surface area contributed by atoms with Gasteiger partial charge in [-0.15, -0.1) is 0 Å². The van der Waals surface area contributed by atoms with Gasteiger partial charge >= 0.3 is 0 Å². The van der Waals surface area contributed by atoms with Gasteiger partial charge in [0, 0.05) is 35.6 Å². The summed E-state index contributed by atoms with van der Waals surface area (Å²) in [6, 6.07) is 12.6. The molecule has 3 aromatic rings. The van der Waals surface area contributed by atoms with Crippen LogP contribution in [-0.2, 0) is 4.79 Å². The number of nitrogens with zero attached hydrogens (tertiary/aromatic N) is 2. The van der Waals surface area contributed by atoms with Crippen LogP contribution in [0.1, 0.15) is 53.4 Å². The molecule has 2 aliphatic rings. The van der Waals surface area contributed by atoms with Gasteiger partial charge in [-0.2, -0.15) is 0 Å². The molecule has 7 nitrogen and oxygen atoms in total. The molecular weight excluding hydrogens is 392 g/mol. The van der Waals surface area contributed by atoms with E-state index in [9.17, 15) is 14.4 Å². The molecular formula is C24H24N4O3. The third-order valence-electron chi connectivity index (χ3n) is 6.12. The van der Waals surface area contributed by atoms with Gasteiger partial charge in [0.2, 0.25) is 5.91 Å². The van der Waals surface area contributed by atoms with Crippen LogP contribution in [-0.4, -0.2) is 39.8 Å². The molecule has 0 bridgehead atoms. The summed E-state index contributed by atoms with van der Waals surface area (Å²) in [4.78, 5) is 40.0. The molecule has 3 heterocycles. The van der Waals surface area contributed by atoms with Gasteiger partial charge < -0.3 is 20.1 Å². The minimum absolute atomic E-state index is 0.150. The highest BCUT2D eigenvalue weighted by Gasteiger charge is 2.38. The first-order valence-electron chi connectivity index (χ1n) is 10.6. The summed E-state index contributed by atoms with van der Waals surface area (Å²) in [6.45, 7) is 4.77. The van der Waals surface area contributed by atoms with Gasteiger partial charge in [-0.25, -0.2) is 0 Å². The molecule has 0 unspecified atom stereocenters. The Bertz CT molecular complexity index is 1230. The van der Waals surface area contributed by atoms with Gasteiger partial charge in [-0.3, -0.25) is 14.4 Å². The van der Waals surface area contributed by atoms with E-state index in [1.165, 1.54) is 0 Å². The Labute approximate surface area is 180 Å². The van der Waals surface area contributed by atoms with Crippen LogP contribution in [0.15, 0.2) is 48.7 Å². The molecule has 2 N–H and O–H groups in total. The van der Waals surface area contributed by atoms with Crippen LogP contribution in [0.4, 0.5) is 11.4 Å². The quantitative estimate of drug-likeness (QED) is 0.676. The van der Waals surface area contributed by atoms with Crippen molar-refractivity contribution in [3.63, 3.8) is 0 Å². The van der Waals surface area contributed by atoms with E-state index < -0.39 is 6.04 Å². The highest BCUT2D eigenvalue weighted by Crippen LogP contribution is 2.31.